The van der Waals surface area contributed by atoms with E-state index < -0.39 is 30.2 Å². The summed E-state index contributed by atoms with van der Waals surface area (Å²) in [6, 6.07) is 3.84. The normalized spacial score (nSPS) is 29.8. The van der Waals surface area contributed by atoms with Gasteiger partial charge < -0.3 is 4.74 Å². The van der Waals surface area contributed by atoms with Gasteiger partial charge in [-0.25, -0.2) is 9.18 Å². The fraction of sp³-hybridized carbons (Fsp3) is 0.500. The number of imide groups is 1. The number of likely N-dealkylation sites (tertiary alicyclic amines) is 1. The first-order valence-corrected chi connectivity index (χ1v) is 9.20. The number of amides is 2. The predicted octanol–water partition coefficient (Wildman–Crippen LogP) is 1.97. The number of carbonyl (C=O) groups excluding carboxylic acids is 4. The molecule has 1 saturated heterocycles. The number of esters is 1. The number of Topliss-reactive ketones (excluding diaryl/α,β-unsaturated/α-hetero) is 1. The molecule has 2 saturated carbocycles. The summed E-state index contributed by atoms with van der Waals surface area (Å²) in [5.41, 5.74) is 0.219. The summed E-state index contributed by atoms with van der Waals surface area (Å²) in [5.74, 6) is -2.43. The maximum atomic E-state index is 12.9. The zero-order valence-electron chi connectivity index (χ0n) is 14.9. The van der Waals surface area contributed by atoms with Crippen molar-refractivity contribution in [3.63, 3.8) is 0 Å². The fourth-order valence-corrected chi connectivity index (χ4v) is 4.90. The van der Waals surface area contributed by atoms with Crippen LogP contribution in [0.5, 0.6) is 0 Å². The molecule has 1 heterocycles. The average Bonchev–Trinajstić information content (AvgIpc) is 3.33. The van der Waals surface area contributed by atoms with E-state index in [0.29, 0.717) is 0 Å². The van der Waals surface area contributed by atoms with E-state index in [9.17, 15) is 23.6 Å². The highest BCUT2D eigenvalue weighted by Gasteiger charge is 2.62. The molecule has 3 aliphatic rings. The van der Waals surface area contributed by atoms with E-state index in [2.05, 4.69) is 0 Å². The van der Waals surface area contributed by atoms with Crippen molar-refractivity contribution >= 4 is 23.6 Å². The van der Waals surface area contributed by atoms with Gasteiger partial charge in [0.15, 0.2) is 12.4 Å². The van der Waals surface area contributed by atoms with Crippen molar-refractivity contribution in [1.82, 2.24) is 4.90 Å². The molecule has 1 aromatic rings. The van der Waals surface area contributed by atoms with Gasteiger partial charge in [-0.2, -0.15) is 0 Å². The number of halogens is 1. The lowest BCUT2D eigenvalue weighted by Crippen LogP contribution is -2.45. The molecule has 7 heteroatoms. The van der Waals surface area contributed by atoms with Gasteiger partial charge in [0.25, 0.3) is 0 Å². The molecule has 5 atom stereocenters. The number of carbonyl (C=O) groups is 4. The van der Waals surface area contributed by atoms with E-state index in [1.165, 1.54) is 19.1 Å². The zero-order chi connectivity index (χ0) is 19.3. The minimum atomic E-state index is -1.06. The number of hydrogen-bond donors (Lipinski definition) is 0. The summed E-state index contributed by atoms with van der Waals surface area (Å²) in [7, 11) is 0. The minimum absolute atomic E-state index is 0.219. The predicted molar refractivity (Wildman–Crippen MR) is 90.8 cm³/mol. The quantitative estimate of drug-likeness (QED) is 0.448. The molecular formula is C20H20FNO5. The van der Waals surface area contributed by atoms with Crippen LogP contribution in [-0.4, -0.2) is 41.1 Å². The van der Waals surface area contributed by atoms with Crippen LogP contribution in [0.1, 0.15) is 36.5 Å². The molecule has 6 nitrogen and oxygen atoms in total. The van der Waals surface area contributed by atoms with Crippen LogP contribution in [-0.2, 0) is 19.1 Å². The highest BCUT2D eigenvalue weighted by atomic mass is 19.1. The maximum Gasteiger partial charge on any atom is 0.329 e. The van der Waals surface area contributed by atoms with Crippen molar-refractivity contribution in [2.75, 3.05) is 6.61 Å². The lowest BCUT2D eigenvalue weighted by atomic mass is 9.81. The first-order valence-electron chi connectivity index (χ1n) is 9.20. The van der Waals surface area contributed by atoms with Gasteiger partial charge >= 0.3 is 5.97 Å². The maximum absolute atomic E-state index is 12.9. The van der Waals surface area contributed by atoms with Gasteiger partial charge in [-0.05, 0) is 62.3 Å². The second-order valence-electron chi connectivity index (χ2n) is 7.65. The molecule has 2 bridgehead atoms. The van der Waals surface area contributed by atoms with Crippen LogP contribution >= 0.6 is 0 Å². The van der Waals surface area contributed by atoms with Gasteiger partial charge in [0, 0.05) is 5.56 Å². The standard InChI is InChI=1S/C20H20FNO5/c1-10(20(26)27-9-15(23)11-4-6-14(21)7-5-11)22-18(24)16-12-2-3-13(8-12)17(16)19(22)25/h4-7,10,12-13,16-17H,2-3,8-9H2,1H3/t10-,12-,13-,16-,17+/m1/s1. The molecule has 0 aromatic heterocycles. The molecule has 2 aliphatic carbocycles. The number of ketones is 1. The Bertz CT molecular complexity index is 792. The third-order valence-electron chi connectivity index (χ3n) is 6.20. The molecular weight excluding hydrogens is 353 g/mol. The second kappa shape index (κ2) is 6.55. The Labute approximate surface area is 155 Å². The van der Waals surface area contributed by atoms with Crippen LogP contribution in [0, 0.1) is 29.5 Å². The van der Waals surface area contributed by atoms with Crippen molar-refractivity contribution in [3.05, 3.63) is 35.6 Å². The van der Waals surface area contributed by atoms with Gasteiger partial charge in [-0.15, -0.1) is 0 Å². The van der Waals surface area contributed by atoms with Gasteiger partial charge in [-0.3, -0.25) is 19.3 Å². The second-order valence-corrected chi connectivity index (χ2v) is 7.65. The van der Waals surface area contributed by atoms with Crippen LogP contribution in [0.25, 0.3) is 0 Å². The summed E-state index contributed by atoms with van der Waals surface area (Å²) in [6.07, 6.45) is 2.85. The number of benzene rings is 1. The molecule has 4 rings (SSSR count). The smallest absolute Gasteiger partial charge is 0.329 e. The molecule has 2 amide bonds. The molecule has 0 N–H and O–H groups in total. The number of hydrogen-bond acceptors (Lipinski definition) is 5. The van der Waals surface area contributed by atoms with E-state index in [0.717, 1.165) is 36.3 Å². The number of rotatable bonds is 5. The fourth-order valence-electron chi connectivity index (χ4n) is 4.90. The van der Waals surface area contributed by atoms with Gasteiger partial charge in [0.2, 0.25) is 11.8 Å². The monoisotopic (exact) mass is 373 g/mol. The van der Waals surface area contributed by atoms with Crippen LogP contribution in [0.3, 0.4) is 0 Å². The van der Waals surface area contributed by atoms with Crippen molar-refractivity contribution in [3.8, 4) is 0 Å². The lowest BCUT2D eigenvalue weighted by molar-refractivity contribution is -0.157. The molecule has 3 fully saturated rings. The summed E-state index contributed by atoms with van der Waals surface area (Å²) >= 11 is 0. The highest BCUT2D eigenvalue weighted by Crippen LogP contribution is 2.56. The van der Waals surface area contributed by atoms with Crippen LogP contribution in [0.4, 0.5) is 4.39 Å². The van der Waals surface area contributed by atoms with Crippen LogP contribution in [0.2, 0.25) is 0 Å². The van der Waals surface area contributed by atoms with E-state index in [1.54, 1.807) is 0 Å². The Kier molecular flexibility index (Phi) is 4.32. The van der Waals surface area contributed by atoms with E-state index in [4.69, 9.17) is 4.74 Å². The Morgan fingerprint density at radius 1 is 1.11 bits per heavy atom. The van der Waals surface area contributed by atoms with E-state index in [1.807, 2.05) is 0 Å². The molecule has 27 heavy (non-hydrogen) atoms. The Morgan fingerprint density at radius 3 is 2.22 bits per heavy atom. The SMILES string of the molecule is C[C@H](C(=O)OCC(=O)c1ccc(F)cc1)N1C(=O)[C@@H]2[C@@H]3CC[C@H](C3)[C@@H]2C1=O. The average molecular weight is 373 g/mol. The summed E-state index contributed by atoms with van der Waals surface area (Å²) in [5, 5.41) is 0. The van der Waals surface area contributed by atoms with Crippen molar-refractivity contribution < 1.29 is 28.3 Å². The third kappa shape index (κ3) is 2.85. The Hall–Kier alpha value is -2.57. The molecule has 0 radical (unpaired) electrons. The van der Waals surface area contributed by atoms with E-state index in [-0.39, 0.29) is 41.0 Å². The molecule has 0 spiro atoms. The molecule has 142 valence electrons. The van der Waals surface area contributed by atoms with Crippen LogP contribution in [0.15, 0.2) is 24.3 Å². The van der Waals surface area contributed by atoms with Crippen LogP contribution < -0.4 is 0 Å². The number of fused-ring (bicyclic) bond motifs is 5. The topological polar surface area (TPSA) is 80.8 Å². The largest absolute Gasteiger partial charge is 0.456 e. The van der Waals surface area contributed by atoms with Gasteiger partial charge in [0.1, 0.15) is 11.9 Å². The van der Waals surface area contributed by atoms with E-state index >= 15 is 0 Å². The molecule has 1 aromatic carbocycles. The zero-order valence-corrected chi connectivity index (χ0v) is 14.9. The van der Waals surface area contributed by atoms with Crippen molar-refractivity contribution in [1.29, 1.82) is 0 Å². The first-order chi connectivity index (χ1) is 12.9. The highest BCUT2D eigenvalue weighted by molar-refractivity contribution is 6.08. The lowest BCUT2D eigenvalue weighted by Gasteiger charge is -2.22. The summed E-state index contributed by atoms with van der Waals surface area (Å²) in [4.78, 5) is 50.8. The number of nitrogens with zero attached hydrogens (tertiary/aromatic N) is 1. The Balaban J connectivity index is 1.39. The minimum Gasteiger partial charge on any atom is -0.456 e. The van der Waals surface area contributed by atoms with Crippen molar-refractivity contribution in [2.24, 2.45) is 23.7 Å². The number of ether oxygens (including phenoxy) is 1. The third-order valence-corrected chi connectivity index (χ3v) is 6.20. The molecule has 0 unspecified atom stereocenters. The van der Waals surface area contributed by atoms with Crippen molar-refractivity contribution in [2.45, 2.75) is 32.2 Å². The van der Waals surface area contributed by atoms with Gasteiger partial charge in [-0.1, -0.05) is 0 Å². The summed E-state index contributed by atoms with van der Waals surface area (Å²) < 4.78 is 17.9. The first kappa shape index (κ1) is 17.8. The summed E-state index contributed by atoms with van der Waals surface area (Å²) in [6.45, 7) is 0.923. The Morgan fingerprint density at radius 2 is 1.67 bits per heavy atom. The molecule has 1 aliphatic heterocycles. The van der Waals surface area contributed by atoms with Gasteiger partial charge in [0.05, 0.1) is 11.8 Å².